The summed E-state index contributed by atoms with van der Waals surface area (Å²) in [4.78, 5) is 8.30. The molecule has 5 heteroatoms. The van der Waals surface area contributed by atoms with Gasteiger partial charge in [-0.3, -0.25) is 5.43 Å². The summed E-state index contributed by atoms with van der Waals surface area (Å²) < 4.78 is 0. The summed E-state index contributed by atoms with van der Waals surface area (Å²) in [5, 5.41) is 1.02. The lowest BCUT2D eigenvalue weighted by Crippen LogP contribution is -2.11. The van der Waals surface area contributed by atoms with E-state index in [4.69, 9.17) is 5.84 Å². The molecule has 0 aromatic carbocycles. The van der Waals surface area contributed by atoms with Gasteiger partial charge in [0, 0.05) is 6.20 Å². The van der Waals surface area contributed by atoms with Crippen LogP contribution in [0.3, 0.4) is 0 Å². The molecular weight excluding hydrogens is 196 g/mol. The van der Waals surface area contributed by atoms with Crippen molar-refractivity contribution in [3.05, 3.63) is 11.8 Å². The van der Waals surface area contributed by atoms with E-state index in [0.717, 1.165) is 16.3 Å². The smallest absolute Gasteiger partial charge is 0.238 e. The molecule has 0 atom stereocenters. The molecule has 0 aliphatic heterocycles. The Hall–Kier alpha value is -0.810. The average Bonchev–Trinajstić information content (AvgIpc) is 2.21. The highest BCUT2D eigenvalue weighted by Crippen LogP contribution is 2.21. The fourth-order valence-corrected chi connectivity index (χ4v) is 2.01. The number of thioether (sulfide) groups is 1. The van der Waals surface area contributed by atoms with E-state index < -0.39 is 0 Å². The van der Waals surface area contributed by atoms with Crippen LogP contribution >= 0.6 is 11.8 Å². The van der Waals surface area contributed by atoms with Crippen LogP contribution in [0.1, 0.15) is 25.3 Å². The zero-order chi connectivity index (χ0) is 10.4. The number of nitrogens with zero attached hydrogens (tertiary/aromatic N) is 2. The SMILES string of the molecule is CCCCSc1nc(NN)ncc1C. The van der Waals surface area contributed by atoms with Gasteiger partial charge in [0.2, 0.25) is 5.95 Å². The van der Waals surface area contributed by atoms with Crippen LogP contribution < -0.4 is 11.3 Å². The Morgan fingerprint density at radius 2 is 2.36 bits per heavy atom. The maximum absolute atomic E-state index is 5.24. The first-order chi connectivity index (χ1) is 6.77. The Morgan fingerprint density at radius 3 is 3.00 bits per heavy atom. The van der Waals surface area contributed by atoms with Crippen LogP contribution in [0.5, 0.6) is 0 Å². The molecule has 78 valence electrons. The molecule has 14 heavy (non-hydrogen) atoms. The van der Waals surface area contributed by atoms with Crippen molar-refractivity contribution in [2.45, 2.75) is 31.7 Å². The summed E-state index contributed by atoms with van der Waals surface area (Å²) in [6, 6.07) is 0. The fourth-order valence-electron chi connectivity index (χ4n) is 0.955. The second-order valence-electron chi connectivity index (χ2n) is 3.03. The zero-order valence-corrected chi connectivity index (χ0v) is 9.40. The number of nitrogens with two attached hydrogens (primary N) is 1. The Labute approximate surface area is 88.7 Å². The molecule has 1 rings (SSSR count). The van der Waals surface area contributed by atoms with Gasteiger partial charge in [-0.15, -0.1) is 11.8 Å². The summed E-state index contributed by atoms with van der Waals surface area (Å²) in [6.45, 7) is 4.19. The normalized spacial score (nSPS) is 10.2. The van der Waals surface area contributed by atoms with Crippen LogP contribution in [-0.4, -0.2) is 15.7 Å². The molecule has 1 aromatic heterocycles. The summed E-state index contributed by atoms with van der Waals surface area (Å²) in [5.41, 5.74) is 3.55. The molecule has 0 spiro atoms. The average molecular weight is 212 g/mol. The highest BCUT2D eigenvalue weighted by Gasteiger charge is 2.02. The minimum atomic E-state index is 0.481. The molecule has 0 aliphatic carbocycles. The van der Waals surface area contributed by atoms with Gasteiger partial charge in [0.1, 0.15) is 5.03 Å². The van der Waals surface area contributed by atoms with Gasteiger partial charge in [-0.1, -0.05) is 13.3 Å². The first kappa shape index (κ1) is 11.3. The molecule has 3 N–H and O–H groups in total. The monoisotopic (exact) mass is 212 g/mol. The summed E-state index contributed by atoms with van der Waals surface area (Å²) in [5.74, 6) is 6.82. The van der Waals surface area contributed by atoms with Gasteiger partial charge >= 0.3 is 0 Å². The number of anilines is 1. The third kappa shape index (κ3) is 3.16. The van der Waals surface area contributed by atoms with Crippen LogP contribution in [-0.2, 0) is 0 Å². The van der Waals surface area contributed by atoms with E-state index in [-0.39, 0.29) is 0 Å². The highest BCUT2D eigenvalue weighted by atomic mass is 32.2. The molecule has 0 fully saturated rings. The maximum Gasteiger partial charge on any atom is 0.238 e. The first-order valence-electron chi connectivity index (χ1n) is 4.71. The number of unbranched alkanes of at least 4 members (excludes halogenated alkanes) is 1. The lowest BCUT2D eigenvalue weighted by atomic mass is 10.4. The standard InChI is InChI=1S/C9H16N4S/c1-3-4-5-14-8-7(2)6-11-9(12-8)13-10/h6H,3-5,10H2,1-2H3,(H,11,12,13). The van der Waals surface area contributed by atoms with Crippen molar-refractivity contribution < 1.29 is 0 Å². The molecule has 4 nitrogen and oxygen atoms in total. The van der Waals surface area contributed by atoms with E-state index >= 15 is 0 Å². The minimum Gasteiger partial charge on any atom is -0.292 e. The van der Waals surface area contributed by atoms with E-state index in [1.807, 2.05) is 6.92 Å². The summed E-state index contributed by atoms with van der Waals surface area (Å²) in [7, 11) is 0. The van der Waals surface area contributed by atoms with Crippen LogP contribution in [0.4, 0.5) is 5.95 Å². The third-order valence-corrected chi connectivity index (χ3v) is 2.97. The number of hydrogen-bond acceptors (Lipinski definition) is 5. The summed E-state index contributed by atoms with van der Waals surface area (Å²) >= 11 is 1.75. The van der Waals surface area contributed by atoms with Gasteiger partial charge in [-0.25, -0.2) is 15.8 Å². The van der Waals surface area contributed by atoms with E-state index in [2.05, 4.69) is 22.3 Å². The second-order valence-corrected chi connectivity index (χ2v) is 4.11. The van der Waals surface area contributed by atoms with Crippen molar-refractivity contribution in [1.82, 2.24) is 9.97 Å². The van der Waals surface area contributed by atoms with Crippen molar-refractivity contribution in [3.63, 3.8) is 0 Å². The van der Waals surface area contributed by atoms with Gasteiger partial charge in [0.25, 0.3) is 0 Å². The number of aryl methyl sites for hydroxylation is 1. The molecule has 0 saturated carbocycles. The van der Waals surface area contributed by atoms with Gasteiger partial charge < -0.3 is 0 Å². The number of aromatic nitrogens is 2. The van der Waals surface area contributed by atoms with Crippen LogP contribution in [0, 0.1) is 6.92 Å². The predicted octanol–water partition coefficient (Wildman–Crippen LogP) is 1.96. The molecule has 1 heterocycles. The van der Waals surface area contributed by atoms with Crippen molar-refractivity contribution in [1.29, 1.82) is 0 Å². The van der Waals surface area contributed by atoms with Crippen LogP contribution in [0.15, 0.2) is 11.2 Å². The minimum absolute atomic E-state index is 0.481. The zero-order valence-electron chi connectivity index (χ0n) is 8.58. The molecule has 0 unspecified atom stereocenters. The number of rotatable bonds is 5. The van der Waals surface area contributed by atoms with Crippen molar-refractivity contribution in [3.8, 4) is 0 Å². The molecule has 0 amide bonds. The number of hydrazine groups is 1. The van der Waals surface area contributed by atoms with Gasteiger partial charge in [0.15, 0.2) is 0 Å². The van der Waals surface area contributed by atoms with Crippen molar-refractivity contribution in [2.24, 2.45) is 5.84 Å². The largest absolute Gasteiger partial charge is 0.292 e. The molecular formula is C9H16N4S. The van der Waals surface area contributed by atoms with Crippen LogP contribution in [0.25, 0.3) is 0 Å². The molecule has 0 bridgehead atoms. The lowest BCUT2D eigenvalue weighted by Gasteiger charge is -2.05. The quantitative estimate of drug-likeness (QED) is 0.257. The lowest BCUT2D eigenvalue weighted by molar-refractivity contribution is 0.892. The Morgan fingerprint density at radius 1 is 1.57 bits per heavy atom. The predicted molar refractivity (Wildman–Crippen MR) is 60.2 cm³/mol. The van der Waals surface area contributed by atoms with Gasteiger partial charge in [-0.05, 0) is 24.7 Å². The van der Waals surface area contributed by atoms with Gasteiger partial charge in [-0.2, -0.15) is 0 Å². The second kappa shape index (κ2) is 5.82. The Bertz CT molecular complexity index is 290. The maximum atomic E-state index is 5.24. The Balaban J connectivity index is 2.64. The fraction of sp³-hybridized carbons (Fsp3) is 0.556. The molecule has 0 saturated heterocycles. The Kier molecular flexibility index (Phi) is 4.69. The van der Waals surface area contributed by atoms with E-state index in [1.54, 1.807) is 18.0 Å². The highest BCUT2D eigenvalue weighted by molar-refractivity contribution is 7.99. The van der Waals surface area contributed by atoms with Crippen molar-refractivity contribution in [2.75, 3.05) is 11.2 Å². The number of nitrogens with one attached hydrogen (secondary N) is 1. The van der Waals surface area contributed by atoms with Crippen LogP contribution in [0.2, 0.25) is 0 Å². The first-order valence-corrected chi connectivity index (χ1v) is 5.69. The van der Waals surface area contributed by atoms with E-state index in [0.29, 0.717) is 5.95 Å². The molecule has 0 radical (unpaired) electrons. The number of hydrogen-bond donors (Lipinski definition) is 2. The third-order valence-electron chi connectivity index (χ3n) is 1.79. The topological polar surface area (TPSA) is 63.8 Å². The van der Waals surface area contributed by atoms with Crippen molar-refractivity contribution >= 4 is 17.7 Å². The van der Waals surface area contributed by atoms with E-state index in [1.165, 1.54) is 12.8 Å². The van der Waals surface area contributed by atoms with Gasteiger partial charge in [0.05, 0.1) is 0 Å². The van der Waals surface area contributed by atoms with E-state index in [9.17, 15) is 0 Å². The molecule has 0 aliphatic rings. The number of nitrogen functional groups attached to an aromatic ring is 1. The summed E-state index contributed by atoms with van der Waals surface area (Å²) in [6.07, 6.45) is 4.20. The molecule has 1 aromatic rings.